The van der Waals surface area contributed by atoms with E-state index in [1.165, 1.54) is 55.8 Å². The van der Waals surface area contributed by atoms with Crippen LogP contribution < -0.4 is 4.74 Å². The highest BCUT2D eigenvalue weighted by molar-refractivity contribution is 7.91. The van der Waals surface area contributed by atoms with E-state index < -0.39 is 15.7 Å². The average Bonchev–Trinajstić information content (AvgIpc) is 2.78. The molecule has 0 aliphatic carbocycles. The number of hydrogen-bond donors (Lipinski definition) is 0. The highest BCUT2D eigenvalue weighted by Crippen LogP contribution is 2.37. The minimum atomic E-state index is -4.01. The summed E-state index contributed by atoms with van der Waals surface area (Å²) in [4.78, 5) is 4.15. The van der Waals surface area contributed by atoms with Crippen molar-refractivity contribution in [2.45, 2.75) is 9.79 Å². The zero-order valence-corrected chi connectivity index (χ0v) is 16.7. The van der Waals surface area contributed by atoms with Crippen molar-refractivity contribution in [3.63, 3.8) is 0 Å². The second kappa shape index (κ2) is 7.58. The van der Waals surface area contributed by atoms with Crippen LogP contribution in [0.2, 0.25) is 0 Å². The number of pyridine rings is 1. The highest BCUT2D eigenvalue weighted by atomic mass is 32.2. The monoisotopic (exact) mass is 418 g/mol. The van der Waals surface area contributed by atoms with Crippen molar-refractivity contribution in [3.05, 3.63) is 84.3 Å². The maximum Gasteiger partial charge on any atom is 0.208 e. The topological polar surface area (TPSA) is 80.0 Å². The predicted molar refractivity (Wildman–Crippen MR) is 110 cm³/mol. The van der Waals surface area contributed by atoms with Gasteiger partial charge in [-0.15, -0.1) is 0 Å². The molecule has 0 aliphatic rings. The van der Waals surface area contributed by atoms with Crippen LogP contribution in [-0.4, -0.2) is 20.5 Å². The molecule has 0 unspecified atom stereocenters. The van der Waals surface area contributed by atoms with Crippen molar-refractivity contribution < 1.29 is 17.5 Å². The Morgan fingerprint density at radius 1 is 1.03 bits per heavy atom. The molecule has 3 aromatic carbocycles. The summed E-state index contributed by atoms with van der Waals surface area (Å²) in [5.74, 6) is 0.155. The zero-order chi connectivity index (χ0) is 21.3. The lowest BCUT2D eigenvalue weighted by Crippen LogP contribution is -2.06. The van der Waals surface area contributed by atoms with Crippen LogP contribution in [-0.2, 0) is 9.84 Å². The Hall–Kier alpha value is -3.76. The Labute approximate surface area is 172 Å². The van der Waals surface area contributed by atoms with Crippen molar-refractivity contribution in [1.82, 2.24) is 4.98 Å². The van der Waals surface area contributed by atoms with Crippen molar-refractivity contribution >= 4 is 20.7 Å². The molecule has 5 nitrogen and oxygen atoms in total. The van der Waals surface area contributed by atoms with Crippen LogP contribution in [0.4, 0.5) is 4.39 Å². The van der Waals surface area contributed by atoms with E-state index >= 15 is 0 Å². The number of fused-ring (bicyclic) bond motifs is 1. The van der Waals surface area contributed by atoms with Gasteiger partial charge < -0.3 is 4.74 Å². The van der Waals surface area contributed by atoms with Crippen LogP contribution in [0.3, 0.4) is 0 Å². The number of benzene rings is 3. The number of nitriles is 1. The molecule has 0 radical (unpaired) electrons. The molecule has 148 valence electrons. The van der Waals surface area contributed by atoms with Crippen LogP contribution in [0.1, 0.15) is 5.56 Å². The summed E-state index contributed by atoms with van der Waals surface area (Å²) in [5, 5.41) is 9.64. The first-order chi connectivity index (χ1) is 14.4. The lowest BCUT2D eigenvalue weighted by Gasteiger charge is -2.14. The van der Waals surface area contributed by atoms with Gasteiger partial charge in [0.25, 0.3) is 0 Å². The first kappa shape index (κ1) is 19.6. The molecule has 0 bridgehead atoms. The van der Waals surface area contributed by atoms with Gasteiger partial charge in [0.1, 0.15) is 11.6 Å². The number of hydrogen-bond acceptors (Lipinski definition) is 5. The average molecular weight is 418 g/mol. The highest BCUT2D eigenvalue weighted by Gasteiger charge is 2.25. The second-order valence-electron chi connectivity index (χ2n) is 6.53. The molecular formula is C23H15FN2O3S. The minimum absolute atomic E-state index is 0.0143. The maximum atomic E-state index is 13.7. The normalized spacial score (nSPS) is 11.2. The van der Waals surface area contributed by atoms with Crippen LogP contribution >= 0.6 is 0 Å². The van der Waals surface area contributed by atoms with Gasteiger partial charge >= 0.3 is 0 Å². The van der Waals surface area contributed by atoms with E-state index in [4.69, 9.17) is 10.00 Å². The molecule has 0 spiro atoms. The number of rotatable bonds is 4. The Bertz CT molecular complexity index is 1410. The summed E-state index contributed by atoms with van der Waals surface area (Å²) in [5.41, 5.74) is 1.60. The van der Waals surface area contributed by atoms with Gasteiger partial charge in [-0.2, -0.15) is 5.26 Å². The molecule has 0 aliphatic heterocycles. The van der Waals surface area contributed by atoms with Crippen molar-refractivity contribution in [1.29, 1.82) is 5.26 Å². The molecule has 0 saturated heterocycles. The lowest BCUT2D eigenvalue weighted by atomic mass is 10.0. The quantitative estimate of drug-likeness (QED) is 0.478. The molecule has 0 amide bonds. The van der Waals surface area contributed by atoms with Crippen molar-refractivity contribution in [2.75, 3.05) is 7.11 Å². The Morgan fingerprint density at radius 2 is 1.80 bits per heavy atom. The Morgan fingerprint density at radius 3 is 2.50 bits per heavy atom. The third-order valence-corrected chi connectivity index (χ3v) is 6.50. The molecule has 1 heterocycles. The Balaban J connectivity index is 2.04. The van der Waals surface area contributed by atoms with E-state index in [9.17, 15) is 12.8 Å². The summed E-state index contributed by atoms with van der Waals surface area (Å²) in [7, 11) is -2.47. The molecular weight excluding hydrogens is 403 g/mol. The molecule has 4 rings (SSSR count). The van der Waals surface area contributed by atoms with Crippen LogP contribution in [0.25, 0.3) is 22.0 Å². The summed E-state index contributed by atoms with van der Waals surface area (Å²) >= 11 is 0. The smallest absolute Gasteiger partial charge is 0.208 e. The maximum absolute atomic E-state index is 13.7. The van der Waals surface area contributed by atoms with Gasteiger partial charge in [-0.1, -0.05) is 18.2 Å². The fraction of sp³-hybridized carbons (Fsp3) is 0.0435. The Kier molecular flexibility index (Phi) is 4.94. The molecule has 1 aromatic heterocycles. The number of nitrogens with zero attached hydrogens (tertiary/aromatic N) is 2. The number of sulfone groups is 1. The standard InChI is InChI=1S/C23H15FN2O3S/c1-29-18-8-5-16(6-9-18)23-20-10-7-17(24)12-21(20)26-14-22(23)30(27,28)19-4-2-3-15(11-19)13-25/h2-12,14H,1H3. The summed E-state index contributed by atoms with van der Waals surface area (Å²) in [6.07, 6.45) is 1.23. The van der Waals surface area contributed by atoms with Crippen molar-refractivity contribution in [3.8, 4) is 22.9 Å². The molecule has 0 N–H and O–H groups in total. The van der Waals surface area contributed by atoms with Crippen LogP contribution in [0, 0.1) is 17.1 Å². The van der Waals surface area contributed by atoms with Gasteiger partial charge in [0.05, 0.1) is 34.1 Å². The van der Waals surface area contributed by atoms with E-state index in [1.54, 1.807) is 24.3 Å². The van der Waals surface area contributed by atoms with Gasteiger partial charge in [-0.05, 0) is 48.0 Å². The molecule has 0 atom stereocenters. The zero-order valence-electron chi connectivity index (χ0n) is 15.8. The molecule has 7 heteroatoms. The largest absolute Gasteiger partial charge is 0.497 e. The van der Waals surface area contributed by atoms with Crippen LogP contribution in [0.15, 0.2) is 82.7 Å². The van der Waals surface area contributed by atoms with Gasteiger partial charge in [0, 0.05) is 23.2 Å². The van der Waals surface area contributed by atoms with E-state index in [0.717, 1.165) is 0 Å². The molecule has 0 fully saturated rings. The van der Waals surface area contributed by atoms with Gasteiger partial charge in [-0.25, -0.2) is 12.8 Å². The molecule has 4 aromatic rings. The fourth-order valence-electron chi connectivity index (χ4n) is 3.27. The lowest BCUT2D eigenvalue weighted by molar-refractivity contribution is 0.415. The SMILES string of the molecule is COc1ccc(-c2c(S(=O)(=O)c3cccc(C#N)c3)cnc3cc(F)ccc23)cc1. The first-order valence-electron chi connectivity index (χ1n) is 8.92. The third-order valence-electron chi connectivity index (χ3n) is 4.74. The van der Waals surface area contributed by atoms with E-state index in [0.29, 0.717) is 27.8 Å². The number of aromatic nitrogens is 1. The summed E-state index contributed by atoms with van der Waals surface area (Å²) in [6.45, 7) is 0. The minimum Gasteiger partial charge on any atom is -0.497 e. The van der Waals surface area contributed by atoms with Gasteiger partial charge in [0.2, 0.25) is 9.84 Å². The van der Waals surface area contributed by atoms with Crippen LogP contribution in [0.5, 0.6) is 5.75 Å². The van der Waals surface area contributed by atoms with E-state index in [2.05, 4.69) is 4.98 Å². The molecule has 0 saturated carbocycles. The number of halogens is 1. The fourth-order valence-corrected chi connectivity index (χ4v) is 4.75. The second-order valence-corrected chi connectivity index (χ2v) is 8.45. The van der Waals surface area contributed by atoms with E-state index in [-0.39, 0.29) is 15.4 Å². The predicted octanol–water partition coefficient (Wildman–Crippen LogP) is 4.75. The number of methoxy groups -OCH3 is 1. The summed E-state index contributed by atoms with van der Waals surface area (Å²) in [6, 6.07) is 18.7. The van der Waals surface area contributed by atoms with E-state index in [1.807, 2.05) is 6.07 Å². The first-order valence-corrected chi connectivity index (χ1v) is 10.4. The molecule has 30 heavy (non-hydrogen) atoms. The number of ether oxygens (including phenoxy) is 1. The summed E-state index contributed by atoms with van der Waals surface area (Å²) < 4.78 is 45.9. The third kappa shape index (κ3) is 3.38. The van der Waals surface area contributed by atoms with Gasteiger partial charge in [0.15, 0.2) is 0 Å². The van der Waals surface area contributed by atoms with Crippen molar-refractivity contribution in [2.24, 2.45) is 0 Å². The van der Waals surface area contributed by atoms with Gasteiger partial charge in [-0.3, -0.25) is 4.98 Å².